The molecule has 6 nitrogen and oxygen atoms in total. The maximum atomic E-state index is 9.87. The summed E-state index contributed by atoms with van der Waals surface area (Å²) in [6, 6.07) is 3.24. The quantitative estimate of drug-likeness (QED) is 0.536. The summed E-state index contributed by atoms with van der Waals surface area (Å²) in [6.07, 6.45) is 1.50. The minimum atomic E-state index is -0.881. The van der Waals surface area contributed by atoms with Crippen LogP contribution in [0.3, 0.4) is 0 Å². The molecule has 0 aliphatic heterocycles. The van der Waals surface area contributed by atoms with Crippen LogP contribution in [0.2, 0.25) is 0 Å². The molecule has 1 rings (SSSR count). The van der Waals surface area contributed by atoms with E-state index in [2.05, 4.69) is 9.82 Å². The van der Waals surface area contributed by atoms with Gasteiger partial charge in [0.2, 0.25) is 0 Å². The Balaban J connectivity index is 2.69. The van der Waals surface area contributed by atoms with Crippen molar-refractivity contribution in [2.24, 2.45) is 0 Å². The van der Waals surface area contributed by atoms with Gasteiger partial charge in [0, 0.05) is 11.8 Å². The number of hydrogen-bond donors (Lipinski definition) is 1. The van der Waals surface area contributed by atoms with Crippen LogP contribution in [0.25, 0.3) is 0 Å². The van der Waals surface area contributed by atoms with Gasteiger partial charge in [0.15, 0.2) is 0 Å². The van der Waals surface area contributed by atoms with Crippen LogP contribution in [0.15, 0.2) is 18.3 Å². The van der Waals surface area contributed by atoms with Gasteiger partial charge in [0.1, 0.15) is 6.61 Å². The van der Waals surface area contributed by atoms with Gasteiger partial charge in [0.25, 0.3) is 5.09 Å². The van der Waals surface area contributed by atoms with E-state index in [4.69, 9.17) is 5.11 Å². The number of hydrogen-bond acceptors (Lipinski definition) is 5. The zero-order valence-electron chi connectivity index (χ0n) is 6.71. The van der Waals surface area contributed by atoms with Crippen molar-refractivity contribution in [2.45, 2.75) is 13.2 Å². The van der Waals surface area contributed by atoms with Gasteiger partial charge >= 0.3 is 0 Å². The number of aliphatic hydroxyl groups excluding tert-OH is 1. The summed E-state index contributed by atoms with van der Waals surface area (Å²) in [5.41, 5.74) is 0.908. The van der Waals surface area contributed by atoms with Gasteiger partial charge < -0.3 is 9.94 Å². The number of nitrogens with zero attached hydrogens (tertiary/aromatic N) is 2. The average molecular weight is 184 g/mol. The second-order valence-corrected chi connectivity index (χ2v) is 2.26. The molecule has 0 spiro atoms. The van der Waals surface area contributed by atoms with Crippen molar-refractivity contribution in [3.63, 3.8) is 0 Å². The fourth-order valence-electron chi connectivity index (χ4n) is 0.867. The maximum absolute atomic E-state index is 9.87. The zero-order chi connectivity index (χ0) is 9.68. The monoisotopic (exact) mass is 184 g/mol. The maximum Gasteiger partial charge on any atom is 0.294 e. The molecule has 0 radical (unpaired) electrons. The topological polar surface area (TPSA) is 85.5 Å². The molecule has 70 valence electrons. The van der Waals surface area contributed by atoms with Gasteiger partial charge in [-0.1, -0.05) is 6.07 Å². The molecule has 0 fully saturated rings. The largest absolute Gasteiger partial charge is 0.390 e. The molecule has 6 heteroatoms. The molecule has 0 atom stereocenters. The van der Waals surface area contributed by atoms with E-state index in [-0.39, 0.29) is 13.2 Å². The molecule has 0 aromatic carbocycles. The lowest BCUT2D eigenvalue weighted by atomic mass is 10.2. The summed E-state index contributed by atoms with van der Waals surface area (Å²) in [4.78, 5) is 17.8. The molecule has 1 heterocycles. The van der Waals surface area contributed by atoms with Crippen LogP contribution in [-0.2, 0) is 18.1 Å². The van der Waals surface area contributed by atoms with E-state index in [9.17, 15) is 10.1 Å². The molecule has 13 heavy (non-hydrogen) atoms. The van der Waals surface area contributed by atoms with E-state index >= 15 is 0 Å². The summed E-state index contributed by atoms with van der Waals surface area (Å²) in [5, 5.41) is 17.8. The molecule has 1 aromatic heterocycles. The van der Waals surface area contributed by atoms with Gasteiger partial charge in [0.05, 0.1) is 12.3 Å². The summed E-state index contributed by atoms with van der Waals surface area (Å²) in [7, 11) is 0. The molecule has 0 aliphatic rings. The number of aliphatic hydroxyl groups is 1. The molecule has 1 aromatic rings. The Hall–Kier alpha value is -1.69. The molecule has 0 bridgehead atoms. The van der Waals surface area contributed by atoms with Crippen molar-refractivity contribution in [2.75, 3.05) is 0 Å². The van der Waals surface area contributed by atoms with E-state index < -0.39 is 5.09 Å². The zero-order valence-corrected chi connectivity index (χ0v) is 6.71. The van der Waals surface area contributed by atoms with Crippen molar-refractivity contribution < 1.29 is 15.0 Å². The van der Waals surface area contributed by atoms with Gasteiger partial charge in [-0.15, -0.1) is 10.1 Å². The van der Waals surface area contributed by atoms with E-state index in [0.717, 1.165) is 0 Å². The van der Waals surface area contributed by atoms with Crippen molar-refractivity contribution in [3.05, 3.63) is 39.7 Å². The highest BCUT2D eigenvalue weighted by molar-refractivity contribution is 5.17. The SMILES string of the molecule is O=[N+]([O-])OCc1cccnc1CO. The van der Waals surface area contributed by atoms with Crippen LogP contribution >= 0.6 is 0 Å². The number of rotatable bonds is 4. The van der Waals surface area contributed by atoms with E-state index in [0.29, 0.717) is 11.3 Å². The van der Waals surface area contributed by atoms with E-state index in [1.807, 2.05) is 0 Å². The Labute approximate surface area is 73.9 Å². The molecule has 0 unspecified atom stereocenters. The van der Waals surface area contributed by atoms with Crippen molar-refractivity contribution in [1.29, 1.82) is 0 Å². The Morgan fingerprint density at radius 2 is 2.46 bits per heavy atom. The third-order valence-electron chi connectivity index (χ3n) is 1.46. The number of pyridine rings is 1. The Morgan fingerprint density at radius 1 is 1.69 bits per heavy atom. The fraction of sp³-hybridized carbons (Fsp3) is 0.286. The van der Waals surface area contributed by atoms with Gasteiger partial charge in [-0.2, -0.15) is 0 Å². The first-order valence-electron chi connectivity index (χ1n) is 3.55. The normalized spacial score (nSPS) is 9.62. The summed E-state index contributed by atoms with van der Waals surface area (Å²) in [6.45, 7) is -0.437. The molecule has 0 saturated heterocycles. The third kappa shape index (κ3) is 2.68. The first kappa shape index (κ1) is 9.40. The third-order valence-corrected chi connectivity index (χ3v) is 1.46. The highest BCUT2D eigenvalue weighted by Gasteiger charge is 2.03. The first-order valence-corrected chi connectivity index (χ1v) is 3.55. The predicted octanol–water partition coefficient (Wildman–Crippen LogP) is 0.282. The predicted molar refractivity (Wildman–Crippen MR) is 41.9 cm³/mol. The van der Waals surface area contributed by atoms with Gasteiger partial charge in [-0.05, 0) is 6.07 Å². The van der Waals surface area contributed by atoms with Crippen LogP contribution in [0.5, 0.6) is 0 Å². The van der Waals surface area contributed by atoms with Crippen LogP contribution in [0.1, 0.15) is 11.3 Å². The minimum absolute atomic E-state index is 0.184. The molecular weight excluding hydrogens is 176 g/mol. The summed E-state index contributed by atoms with van der Waals surface area (Å²) < 4.78 is 0. The smallest absolute Gasteiger partial charge is 0.294 e. The number of aromatic nitrogens is 1. The Morgan fingerprint density at radius 3 is 3.08 bits per heavy atom. The van der Waals surface area contributed by atoms with Crippen molar-refractivity contribution in [1.82, 2.24) is 4.98 Å². The van der Waals surface area contributed by atoms with E-state index in [1.165, 1.54) is 6.20 Å². The fourth-order valence-corrected chi connectivity index (χ4v) is 0.867. The lowest BCUT2D eigenvalue weighted by molar-refractivity contribution is -0.763. The molecule has 0 saturated carbocycles. The molecule has 0 aliphatic carbocycles. The van der Waals surface area contributed by atoms with Crippen molar-refractivity contribution >= 4 is 0 Å². The van der Waals surface area contributed by atoms with Crippen molar-refractivity contribution in [3.8, 4) is 0 Å². The van der Waals surface area contributed by atoms with Crippen LogP contribution in [0.4, 0.5) is 0 Å². The second kappa shape index (κ2) is 4.36. The van der Waals surface area contributed by atoms with Crippen LogP contribution < -0.4 is 0 Å². The average Bonchev–Trinajstić information content (AvgIpc) is 2.15. The highest BCUT2D eigenvalue weighted by atomic mass is 16.9. The lowest BCUT2D eigenvalue weighted by Crippen LogP contribution is -2.04. The lowest BCUT2D eigenvalue weighted by Gasteiger charge is -2.03. The standard InChI is InChI=1S/C7H8N2O4/c10-4-7-6(2-1-3-8-7)5-13-9(11)12/h1-3,10H,4-5H2. The Bertz CT molecular complexity index is 302. The van der Waals surface area contributed by atoms with Crippen LogP contribution in [0, 0.1) is 10.1 Å². The van der Waals surface area contributed by atoms with E-state index in [1.54, 1.807) is 12.1 Å². The molecule has 1 N–H and O–H groups in total. The minimum Gasteiger partial charge on any atom is -0.390 e. The summed E-state index contributed by atoms with van der Waals surface area (Å²) >= 11 is 0. The van der Waals surface area contributed by atoms with Gasteiger partial charge in [-0.25, -0.2) is 0 Å². The summed E-state index contributed by atoms with van der Waals surface area (Å²) in [5.74, 6) is 0. The van der Waals surface area contributed by atoms with Crippen LogP contribution in [-0.4, -0.2) is 15.2 Å². The first-order chi connectivity index (χ1) is 6.24. The van der Waals surface area contributed by atoms with Gasteiger partial charge in [-0.3, -0.25) is 4.98 Å². The highest BCUT2D eigenvalue weighted by Crippen LogP contribution is 2.06. The Kier molecular flexibility index (Phi) is 3.15. The second-order valence-electron chi connectivity index (χ2n) is 2.26. The molecule has 0 amide bonds. The molecular formula is C7H8N2O4.